The van der Waals surface area contributed by atoms with Gasteiger partial charge in [0.05, 0.1) is 27.9 Å². The minimum absolute atomic E-state index is 0.0632. The molecule has 0 amide bonds. The van der Waals surface area contributed by atoms with E-state index >= 15 is 0 Å². The summed E-state index contributed by atoms with van der Waals surface area (Å²) < 4.78 is 51.2. The van der Waals surface area contributed by atoms with Gasteiger partial charge in [0.15, 0.2) is 35.6 Å². The fraction of sp³-hybridized carbons (Fsp3) is 0.300. The molecule has 164 valence electrons. The van der Waals surface area contributed by atoms with Crippen LogP contribution in [0.15, 0.2) is 52.9 Å². The molecule has 3 rings (SSSR count). The first-order chi connectivity index (χ1) is 14.5. The van der Waals surface area contributed by atoms with Crippen LogP contribution in [0.3, 0.4) is 0 Å². The van der Waals surface area contributed by atoms with Crippen molar-refractivity contribution in [1.29, 1.82) is 0 Å². The Balaban J connectivity index is 2.28. The van der Waals surface area contributed by atoms with E-state index in [-0.39, 0.29) is 38.4 Å². The Bertz CT molecular complexity index is 1340. The second kappa shape index (κ2) is 8.31. The molecule has 0 aliphatic rings. The summed E-state index contributed by atoms with van der Waals surface area (Å²) in [6, 6.07) is 6.26. The van der Waals surface area contributed by atoms with Crippen LogP contribution >= 0.6 is 0 Å². The predicted octanol–water partition coefficient (Wildman–Crippen LogP) is 2.55. The van der Waals surface area contributed by atoms with Gasteiger partial charge in [0.1, 0.15) is 5.69 Å². The van der Waals surface area contributed by atoms with Crippen LogP contribution in [0.5, 0.6) is 0 Å². The molecule has 3 aromatic heterocycles. The molecule has 3 heterocycles. The van der Waals surface area contributed by atoms with E-state index in [9.17, 15) is 16.8 Å². The zero-order valence-corrected chi connectivity index (χ0v) is 19.1. The van der Waals surface area contributed by atoms with E-state index in [1.807, 2.05) is 0 Å². The van der Waals surface area contributed by atoms with E-state index in [1.54, 1.807) is 52.0 Å². The average molecular weight is 462 g/mol. The first-order valence-electron chi connectivity index (χ1n) is 9.49. The maximum absolute atomic E-state index is 12.8. The molecule has 0 unspecified atom stereocenters. The zero-order chi connectivity index (χ0) is 23.0. The topological polar surface area (TPSA) is 146 Å². The van der Waals surface area contributed by atoms with Gasteiger partial charge in [-0.05, 0) is 52.0 Å². The number of nitrogens with zero attached hydrogens (tertiary/aromatic N) is 4. The minimum Gasteiger partial charge on any atom is -0.396 e. The van der Waals surface area contributed by atoms with Crippen molar-refractivity contribution in [2.24, 2.45) is 0 Å². The van der Waals surface area contributed by atoms with Crippen molar-refractivity contribution in [3.63, 3.8) is 0 Å². The normalized spacial score (nSPS) is 12.5. The maximum atomic E-state index is 12.8. The fourth-order valence-electron chi connectivity index (χ4n) is 2.77. The van der Waals surface area contributed by atoms with Gasteiger partial charge in [0.2, 0.25) is 0 Å². The quantitative estimate of drug-likeness (QED) is 0.585. The Morgan fingerprint density at radius 2 is 1.26 bits per heavy atom. The van der Waals surface area contributed by atoms with Crippen LogP contribution in [0.4, 0.5) is 5.69 Å². The maximum Gasteiger partial charge on any atom is 0.198 e. The molecule has 0 aliphatic carbocycles. The number of rotatable bonds is 6. The lowest BCUT2D eigenvalue weighted by molar-refractivity contribution is 0.582. The van der Waals surface area contributed by atoms with E-state index in [2.05, 4.69) is 19.9 Å². The third-order valence-electron chi connectivity index (χ3n) is 4.64. The molecular formula is C20H23N5O4S2. The van der Waals surface area contributed by atoms with E-state index in [1.165, 1.54) is 18.6 Å². The molecule has 0 saturated heterocycles. The smallest absolute Gasteiger partial charge is 0.198 e. The summed E-state index contributed by atoms with van der Waals surface area (Å²) in [4.78, 5) is 16.7. The van der Waals surface area contributed by atoms with Crippen molar-refractivity contribution in [2.75, 3.05) is 5.73 Å². The van der Waals surface area contributed by atoms with Crippen molar-refractivity contribution < 1.29 is 16.8 Å². The molecule has 0 saturated carbocycles. The van der Waals surface area contributed by atoms with Crippen LogP contribution in [-0.4, -0.2) is 47.3 Å². The molecule has 0 aliphatic heterocycles. The summed E-state index contributed by atoms with van der Waals surface area (Å²) in [5.41, 5.74) is 6.78. The number of nitrogen functional groups attached to an aromatic ring is 1. The number of aromatic nitrogens is 4. The van der Waals surface area contributed by atoms with Gasteiger partial charge < -0.3 is 5.73 Å². The molecule has 0 radical (unpaired) electrons. The molecule has 9 nitrogen and oxygen atoms in total. The number of hydrogen-bond acceptors (Lipinski definition) is 9. The lowest BCUT2D eigenvalue weighted by atomic mass is 10.1. The van der Waals surface area contributed by atoms with Crippen molar-refractivity contribution in [2.45, 2.75) is 48.2 Å². The van der Waals surface area contributed by atoms with E-state index in [0.717, 1.165) is 0 Å². The molecule has 3 aromatic rings. The number of pyridine rings is 2. The summed E-state index contributed by atoms with van der Waals surface area (Å²) in [6.45, 7) is 6.23. The second-order valence-electron chi connectivity index (χ2n) is 7.40. The third kappa shape index (κ3) is 4.15. The van der Waals surface area contributed by atoms with E-state index in [4.69, 9.17) is 5.73 Å². The number of sulfone groups is 2. The highest BCUT2D eigenvalue weighted by Gasteiger charge is 2.28. The van der Waals surface area contributed by atoms with Gasteiger partial charge in [0.25, 0.3) is 0 Å². The first-order valence-corrected chi connectivity index (χ1v) is 12.6. The summed E-state index contributed by atoms with van der Waals surface area (Å²) in [7, 11) is -7.44. The largest absolute Gasteiger partial charge is 0.396 e. The first kappa shape index (κ1) is 22.8. The van der Waals surface area contributed by atoms with Crippen molar-refractivity contribution >= 4 is 25.4 Å². The molecule has 0 spiro atoms. The zero-order valence-electron chi connectivity index (χ0n) is 17.5. The standard InChI is InChI=1S/C20H23N5O4S2/c1-12(2)30(26,27)19-14(7-5-9-22-19)17-16(21)11-24-18(25-17)15-8-6-10-23-20(15)31(28,29)13(3)4/h5-13H,21H2,1-4H3. The number of nitrogens with two attached hydrogens (primary N) is 1. The van der Waals surface area contributed by atoms with E-state index in [0.29, 0.717) is 0 Å². The van der Waals surface area contributed by atoms with E-state index < -0.39 is 30.2 Å². The van der Waals surface area contributed by atoms with Crippen molar-refractivity contribution in [3.8, 4) is 22.6 Å². The predicted molar refractivity (Wildman–Crippen MR) is 118 cm³/mol. The minimum atomic E-state index is -3.73. The van der Waals surface area contributed by atoms with Crippen molar-refractivity contribution in [3.05, 3.63) is 42.9 Å². The summed E-state index contributed by atoms with van der Waals surface area (Å²) in [5.74, 6) is 0.0632. The van der Waals surface area contributed by atoms with Gasteiger partial charge in [0, 0.05) is 18.0 Å². The fourth-order valence-corrected chi connectivity index (χ4v) is 5.01. The lowest BCUT2D eigenvalue weighted by Gasteiger charge is -2.14. The van der Waals surface area contributed by atoms with Crippen LogP contribution in [0.1, 0.15) is 27.7 Å². The highest BCUT2D eigenvalue weighted by atomic mass is 32.2. The van der Waals surface area contributed by atoms with Crippen molar-refractivity contribution in [1.82, 2.24) is 19.9 Å². The molecule has 0 fully saturated rings. The van der Waals surface area contributed by atoms with Gasteiger partial charge in [-0.15, -0.1) is 0 Å². The van der Waals surface area contributed by atoms with Gasteiger partial charge in [-0.2, -0.15) is 0 Å². The molecule has 31 heavy (non-hydrogen) atoms. The van der Waals surface area contributed by atoms with Gasteiger partial charge in [-0.3, -0.25) is 0 Å². The Hall–Kier alpha value is -2.92. The van der Waals surface area contributed by atoms with Crippen LogP contribution in [0.25, 0.3) is 22.6 Å². The Morgan fingerprint density at radius 1 is 0.774 bits per heavy atom. The average Bonchev–Trinajstić information content (AvgIpc) is 2.74. The molecule has 11 heteroatoms. The van der Waals surface area contributed by atoms with Crippen LogP contribution in [0, 0.1) is 0 Å². The Morgan fingerprint density at radius 3 is 1.77 bits per heavy atom. The SMILES string of the molecule is CC(C)S(=O)(=O)c1ncccc1-c1ncc(N)c(-c2cccnc2S(=O)(=O)C(C)C)n1. The van der Waals surface area contributed by atoms with Crippen LogP contribution < -0.4 is 5.73 Å². The third-order valence-corrected chi connectivity index (χ3v) is 8.85. The summed E-state index contributed by atoms with van der Waals surface area (Å²) in [5, 5.41) is -1.70. The Kier molecular flexibility index (Phi) is 6.10. The highest BCUT2D eigenvalue weighted by Crippen LogP contribution is 2.33. The molecule has 2 N–H and O–H groups in total. The highest BCUT2D eigenvalue weighted by molar-refractivity contribution is 7.92. The monoisotopic (exact) mass is 461 g/mol. The molecular weight excluding hydrogens is 438 g/mol. The van der Waals surface area contributed by atoms with Crippen LogP contribution in [-0.2, 0) is 19.7 Å². The molecule has 0 atom stereocenters. The number of hydrogen-bond donors (Lipinski definition) is 1. The second-order valence-corrected chi connectivity index (χ2v) is 12.2. The van der Waals surface area contributed by atoms with Gasteiger partial charge >= 0.3 is 0 Å². The Labute approximate surface area is 181 Å². The molecule has 0 bridgehead atoms. The summed E-state index contributed by atoms with van der Waals surface area (Å²) >= 11 is 0. The number of anilines is 1. The lowest BCUT2D eigenvalue weighted by Crippen LogP contribution is -2.17. The van der Waals surface area contributed by atoms with Gasteiger partial charge in [-0.1, -0.05) is 0 Å². The van der Waals surface area contributed by atoms with Crippen LogP contribution in [0.2, 0.25) is 0 Å². The van der Waals surface area contributed by atoms with Gasteiger partial charge in [-0.25, -0.2) is 36.8 Å². The summed E-state index contributed by atoms with van der Waals surface area (Å²) in [6.07, 6.45) is 4.08. The molecule has 0 aromatic carbocycles.